The lowest BCUT2D eigenvalue weighted by molar-refractivity contribution is 0.0408. The summed E-state index contributed by atoms with van der Waals surface area (Å²) in [6, 6.07) is 32.0. The third kappa shape index (κ3) is 13.6. The highest BCUT2D eigenvalue weighted by Gasteiger charge is 2.50. The van der Waals surface area contributed by atoms with E-state index in [1.807, 2.05) is 48.5 Å². The van der Waals surface area contributed by atoms with Crippen LogP contribution in [0.2, 0.25) is 0 Å². The number of hydrogen-bond acceptors (Lipinski definition) is 6. The van der Waals surface area contributed by atoms with Crippen molar-refractivity contribution in [1.29, 1.82) is 0 Å². The van der Waals surface area contributed by atoms with Crippen LogP contribution in [-0.4, -0.2) is 34.9 Å². The van der Waals surface area contributed by atoms with Crippen LogP contribution in [-0.2, 0) is 15.1 Å². The second-order valence-electron chi connectivity index (χ2n) is 15.0. The van der Waals surface area contributed by atoms with Gasteiger partial charge in [-0.2, -0.15) is 8.78 Å². The van der Waals surface area contributed by atoms with E-state index in [4.69, 9.17) is 14.3 Å². The minimum atomic E-state index is -5.86. The van der Waals surface area contributed by atoms with Crippen molar-refractivity contribution in [3.63, 3.8) is 0 Å². The van der Waals surface area contributed by atoms with Gasteiger partial charge in [-0.15, -0.1) is 5.06 Å². The van der Waals surface area contributed by atoms with Crippen LogP contribution in [0.15, 0.2) is 121 Å². The Kier molecular flexibility index (Phi) is 17.6. The minimum absolute atomic E-state index is 0.111. The molecule has 0 saturated carbocycles. The maximum absolute atomic E-state index is 14.5. The van der Waals surface area contributed by atoms with Crippen molar-refractivity contribution in [2.45, 2.75) is 96.6 Å². The Balaban J connectivity index is 1.27. The molecule has 5 aromatic carbocycles. The van der Waals surface area contributed by atoms with Gasteiger partial charge in [0.15, 0.2) is 0 Å². The lowest BCUT2D eigenvalue weighted by Gasteiger charge is -2.23. The number of hydroxylamine groups is 1. The zero-order valence-corrected chi connectivity index (χ0v) is 35.8. The SMILES string of the molecule is CCCCCCCCOc1ccc(-c2ccc(C(=O)ON(C(=O)c3ccc(-c4ccc(OCCCCCCCC)cc4)cc3)c3ccc(C(F)(F)P(=O)(O)O)cc3)cc2)cc1. The molecular formula is C49H56F2NO8P. The van der Waals surface area contributed by atoms with Gasteiger partial charge < -0.3 is 24.1 Å². The number of rotatable bonds is 23. The number of ether oxygens (including phenoxy) is 2. The fourth-order valence-corrected chi connectivity index (χ4v) is 7.15. The van der Waals surface area contributed by atoms with Gasteiger partial charge in [0.2, 0.25) is 0 Å². The van der Waals surface area contributed by atoms with Gasteiger partial charge >= 0.3 is 19.2 Å². The van der Waals surface area contributed by atoms with E-state index in [9.17, 15) is 32.7 Å². The van der Waals surface area contributed by atoms with Crippen LogP contribution in [0.3, 0.4) is 0 Å². The first-order chi connectivity index (χ1) is 29.4. The van der Waals surface area contributed by atoms with Gasteiger partial charge in [-0.05, 0) is 95.8 Å². The van der Waals surface area contributed by atoms with Crippen LogP contribution < -0.4 is 14.5 Å². The monoisotopic (exact) mass is 855 g/mol. The number of carbonyl (C=O) groups is 2. The van der Waals surface area contributed by atoms with E-state index in [-0.39, 0.29) is 16.8 Å². The number of carbonyl (C=O) groups excluding carboxylic acids is 2. The summed E-state index contributed by atoms with van der Waals surface area (Å²) in [6.45, 7) is 5.70. The van der Waals surface area contributed by atoms with Gasteiger partial charge in [-0.25, -0.2) is 4.79 Å². The molecule has 0 spiro atoms. The van der Waals surface area contributed by atoms with Crippen molar-refractivity contribution in [1.82, 2.24) is 0 Å². The Morgan fingerprint density at radius 2 is 0.918 bits per heavy atom. The largest absolute Gasteiger partial charge is 0.494 e. The quantitative estimate of drug-likeness (QED) is 0.0378. The van der Waals surface area contributed by atoms with Crippen LogP contribution in [0.1, 0.15) is 117 Å². The molecule has 0 aliphatic heterocycles. The molecule has 5 rings (SSSR count). The number of nitrogens with zero attached hydrogens (tertiary/aromatic N) is 1. The van der Waals surface area contributed by atoms with Crippen LogP contribution in [0.25, 0.3) is 22.3 Å². The number of amides is 1. The molecule has 9 nitrogen and oxygen atoms in total. The summed E-state index contributed by atoms with van der Waals surface area (Å²) in [6.07, 6.45) is 14.1. The predicted octanol–water partition coefficient (Wildman–Crippen LogP) is 13.1. The van der Waals surface area contributed by atoms with Crippen LogP contribution in [0.4, 0.5) is 14.5 Å². The summed E-state index contributed by atoms with van der Waals surface area (Å²) in [4.78, 5) is 51.7. The van der Waals surface area contributed by atoms with Crippen LogP contribution in [0.5, 0.6) is 11.5 Å². The molecule has 324 valence electrons. The van der Waals surface area contributed by atoms with E-state index in [2.05, 4.69) is 13.8 Å². The van der Waals surface area contributed by atoms with Gasteiger partial charge in [0.1, 0.15) is 11.5 Å². The molecule has 0 aliphatic rings. The summed E-state index contributed by atoms with van der Waals surface area (Å²) in [5.41, 5.74) is -1.94. The average molecular weight is 856 g/mol. The van der Waals surface area contributed by atoms with Crippen molar-refractivity contribution < 1.29 is 47.0 Å². The van der Waals surface area contributed by atoms with Gasteiger partial charge in [0.25, 0.3) is 5.91 Å². The number of anilines is 1. The van der Waals surface area contributed by atoms with E-state index in [0.717, 1.165) is 83.7 Å². The highest BCUT2D eigenvalue weighted by atomic mass is 31.2. The third-order valence-electron chi connectivity index (χ3n) is 10.3. The molecule has 0 bridgehead atoms. The molecule has 0 aromatic heterocycles. The molecule has 0 heterocycles. The zero-order valence-electron chi connectivity index (χ0n) is 34.9. The third-order valence-corrected chi connectivity index (χ3v) is 11.3. The van der Waals surface area contributed by atoms with Crippen molar-refractivity contribution >= 4 is 25.2 Å². The number of halogens is 2. The minimum Gasteiger partial charge on any atom is -0.494 e. The van der Waals surface area contributed by atoms with Gasteiger partial charge in [0.05, 0.1) is 24.5 Å². The first kappa shape index (κ1) is 46.7. The summed E-state index contributed by atoms with van der Waals surface area (Å²) in [5.74, 6) is -0.158. The number of benzene rings is 5. The van der Waals surface area contributed by atoms with Crippen LogP contribution in [0, 0.1) is 0 Å². The summed E-state index contributed by atoms with van der Waals surface area (Å²) < 4.78 is 52.3. The first-order valence-corrected chi connectivity index (χ1v) is 22.8. The normalized spacial score (nSPS) is 11.6. The number of alkyl halides is 2. The van der Waals surface area contributed by atoms with E-state index in [1.165, 1.54) is 51.4 Å². The summed E-state index contributed by atoms with van der Waals surface area (Å²) in [7, 11) is -5.86. The van der Waals surface area contributed by atoms with Gasteiger partial charge in [-0.1, -0.05) is 139 Å². The lowest BCUT2D eigenvalue weighted by atomic mass is 10.0. The summed E-state index contributed by atoms with van der Waals surface area (Å²) in [5, 5.41) is 0.671. The highest BCUT2D eigenvalue weighted by molar-refractivity contribution is 7.52. The van der Waals surface area contributed by atoms with E-state index in [1.54, 1.807) is 48.5 Å². The smallest absolute Gasteiger partial charge is 0.399 e. The van der Waals surface area contributed by atoms with Crippen molar-refractivity contribution in [3.8, 4) is 33.8 Å². The van der Waals surface area contributed by atoms with Crippen molar-refractivity contribution in [3.05, 3.63) is 138 Å². The molecule has 0 saturated heterocycles. The topological polar surface area (TPSA) is 123 Å². The maximum Gasteiger partial charge on any atom is 0.399 e. The molecule has 0 aliphatic carbocycles. The Labute approximate surface area is 357 Å². The molecule has 0 fully saturated rings. The molecule has 12 heteroatoms. The first-order valence-electron chi connectivity index (χ1n) is 21.2. The second-order valence-corrected chi connectivity index (χ2v) is 16.7. The average Bonchev–Trinajstić information content (AvgIpc) is 3.27. The molecule has 0 unspecified atom stereocenters. The Bertz CT molecular complexity index is 2160. The molecule has 0 radical (unpaired) electrons. The fraction of sp³-hybridized carbons (Fsp3) is 0.347. The van der Waals surface area contributed by atoms with Gasteiger partial charge in [-0.3, -0.25) is 9.36 Å². The molecule has 0 atom stereocenters. The Hall–Kier alpha value is -5.35. The van der Waals surface area contributed by atoms with Crippen molar-refractivity contribution in [2.24, 2.45) is 0 Å². The molecule has 2 N–H and O–H groups in total. The van der Waals surface area contributed by atoms with E-state index < -0.39 is 30.7 Å². The molecule has 61 heavy (non-hydrogen) atoms. The maximum atomic E-state index is 14.5. The summed E-state index contributed by atoms with van der Waals surface area (Å²) >= 11 is 0. The molecular weight excluding hydrogens is 800 g/mol. The fourth-order valence-electron chi connectivity index (χ4n) is 6.67. The second kappa shape index (κ2) is 23.0. The molecule has 5 aromatic rings. The number of unbranched alkanes of at least 4 members (excludes halogenated alkanes) is 10. The number of hydrogen-bond donors (Lipinski definition) is 2. The predicted molar refractivity (Wildman–Crippen MR) is 236 cm³/mol. The molecule has 1 amide bonds. The van der Waals surface area contributed by atoms with E-state index >= 15 is 0 Å². The zero-order chi connectivity index (χ0) is 43.7. The lowest BCUT2D eigenvalue weighted by Crippen LogP contribution is -2.33. The highest BCUT2D eigenvalue weighted by Crippen LogP contribution is 2.59. The van der Waals surface area contributed by atoms with Gasteiger partial charge in [0, 0.05) is 11.1 Å². The Morgan fingerprint density at radius 3 is 1.33 bits per heavy atom. The Morgan fingerprint density at radius 1 is 0.541 bits per heavy atom. The van der Waals surface area contributed by atoms with Crippen molar-refractivity contribution in [2.75, 3.05) is 18.3 Å². The van der Waals surface area contributed by atoms with E-state index in [0.29, 0.717) is 18.3 Å². The standard InChI is InChI=1S/C49H56F2NO8P/c1-3-5-7-9-11-13-35-58-45-31-23-39(24-32-45)37-15-19-41(20-16-37)47(53)52(44-29-27-43(28-30-44)49(50,51)61(55,56)57)60-48(54)42-21-17-38(18-22-42)40-25-33-46(34-26-40)59-36-14-12-10-8-6-4-2/h15-34H,3-14,35-36H2,1-2H3,(H2,55,56,57). The van der Waals surface area contributed by atoms with Crippen LogP contribution >= 0.6 is 7.60 Å².